The molecule has 0 aromatic carbocycles. The van der Waals surface area contributed by atoms with Gasteiger partial charge in [-0.15, -0.1) is 11.0 Å². The molecule has 0 bridgehead atoms. The van der Waals surface area contributed by atoms with Crippen LogP contribution in [0.1, 0.15) is 6.92 Å². The van der Waals surface area contributed by atoms with Crippen molar-refractivity contribution in [3.63, 3.8) is 0 Å². The molecule has 1 atom stereocenters. The lowest BCUT2D eigenvalue weighted by atomic mass is 10.3. The third-order valence-electron chi connectivity index (χ3n) is 4.03. The fourth-order valence-corrected chi connectivity index (χ4v) is 2.85. The average molecular weight is 399 g/mol. The van der Waals surface area contributed by atoms with Gasteiger partial charge >= 0.3 is 12.1 Å². The standard InChI is InChI=1S/C15H16F3N7O3/c1-2-3-6-24-12-11(21-10(9-19)22-27-12)25(28-13(26)15(16,17)18)14(24)23-7-4-20-5-8-23/h14,20H,4-8H2,1H3,(H,21,22). The first-order valence-electron chi connectivity index (χ1n) is 8.22. The fraction of sp³-hybridized carbons (Fsp3) is 0.533. The maximum Gasteiger partial charge on any atom is 0.493 e. The van der Waals surface area contributed by atoms with Gasteiger partial charge in [-0.1, -0.05) is 5.92 Å². The van der Waals surface area contributed by atoms with Gasteiger partial charge in [0.2, 0.25) is 11.7 Å². The maximum atomic E-state index is 12.8. The van der Waals surface area contributed by atoms with Crippen molar-refractivity contribution >= 4 is 11.8 Å². The molecule has 1 saturated heterocycles. The Hall–Kier alpha value is -3.16. The Kier molecular flexibility index (Phi) is 5.48. The summed E-state index contributed by atoms with van der Waals surface area (Å²) < 4.78 is 38.5. The second-order valence-corrected chi connectivity index (χ2v) is 5.79. The predicted octanol–water partition coefficient (Wildman–Crippen LogP) is -0.580. The number of alkyl halides is 3. The monoisotopic (exact) mass is 399 g/mol. The van der Waals surface area contributed by atoms with Gasteiger partial charge in [0.05, 0.1) is 6.54 Å². The number of halogens is 3. The van der Waals surface area contributed by atoms with Crippen molar-refractivity contribution in [2.45, 2.75) is 19.4 Å². The fourth-order valence-electron chi connectivity index (χ4n) is 2.85. The molecule has 3 aliphatic rings. The zero-order valence-corrected chi connectivity index (χ0v) is 14.7. The minimum Gasteiger partial charge on any atom is -0.357 e. The van der Waals surface area contributed by atoms with Crippen LogP contribution in [0, 0.1) is 23.2 Å². The van der Waals surface area contributed by atoms with Crippen molar-refractivity contribution in [3.05, 3.63) is 11.7 Å². The lowest BCUT2D eigenvalue weighted by Gasteiger charge is -2.40. The number of nitriles is 1. The number of piperazine rings is 1. The first kappa shape index (κ1) is 19.6. The molecule has 0 aromatic heterocycles. The van der Waals surface area contributed by atoms with Crippen molar-refractivity contribution < 1.29 is 27.6 Å². The molecular weight excluding hydrogens is 383 g/mol. The van der Waals surface area contributed by atoms with Crippen LogP contribution < -0.4 is 10.8 Å². The third-order valence-corrected chi connectivity index (χ3v) is 4.03. The van der Waals surface area contributed by atoms with Crippen LogP contribution in [0.5, 0.6) is 0 Å². The highest BCUT2D eigenvalue weighted by Gasteiger charge is 2.51. The van der Waals surface area contributed by atoms with Crippen LogP contribution in [0.4, 0.5) is 13.2 Å². The van der Waals surface area contributed by atoms with Crippen molar-refractivity contribution in [3.8, 4) is 17.9 Å². The molecule has 0 saturated carbocycles. The number of rotatable bonds is 3. The number of aliphatic imine (C=N–C) groups is 1. The van der Waals surface area contributed by atoms with Crippen molar-refractivity contribution in [2.75, 3.05) is 32.7 Å². The van der Waals surface area contributed by atoms with Gasteiger partial charge in [0.25, 0.3) is 5.88 Å². The van der Waals surface area contributed by atoms with Crippen LogP contribution in [-0.2, 0) is 14.5 Å². The summed E-state index contributed by atoms with van der Waals surface area (Å²) in [6.45, 7) is 3.78. The maximum absolute atomic E-state index is 12.8. The van der Waals surface area contributed by atoms with E-state index in [0.29, 0.717) is 31.2 Å². The molecule has 10 nitrogen and oxygen atoms in total. The van der Waals surface area contributed by atoms with Crippen molar-refractivity contribution in [1.82, 2.24) is 25.7 Å². The largest absolute Gasteiger partial charge is 0.493 e. The molecule has 0 radical (unpaired) electrons. The van der Waals surface area contributed by atoms with Crippen LogP contribution in [-0.4, -0.2) is 71.9 Å². The third kappa shape index (κ3) is 3.76. The predicted molar refractivity (Wildman–Crippen MR) is 86.7 cm³/mol. The number of amidine groups is 1. The van der Waals surface area contributed by atoms with E-state index in [2.05, 4.69) is 32.5 Å². The molecule has 1 fully saturated rings. The molecular formula is C15H16F3N7O3. The zero-order chi connectivity index (χ0) is 20.3. The molecule has 0 aliphatic carbocycles. The zero-order valence-electron chi connectivity index (χ0n) is 14.7. The quantitative estimate of drug-likeness (QED) is 0.603. The van der Waals surface area contributed by atoms with Crippen molar-refractivity contribution in [2.24, 2.45) is 4.99 Å². The lowest BCUT2D eigenvalue weighted by molar-refractivity contribution is -0.255. The van der Waals surface area contributed by atoms with Crippen LogP contribution in [0.3, 0.4) is 0 Å². The summed E-state index contributed by atoms with van der Waals surface area (Å²) in [5.41, 5.74) is 2.30. The molecule has 3 aliphatic heterocycles. The molecule has 0 amide bonds. The van der Waals surface area contributed by atoms with E-state index in [0.717, 1.165) is 0 Å². The van der Waals surface area contributed by atoms with E-state index in [1.165, 1.54) is 4.90 Å². The first-order chi connectivity index (χ1) is 13.4. The second kappa shape index (κ2) is 7.84. The SMILES string of the molecule is CC#CCN1C2=C(N=C(C#N)NO2)N(OC(=O)C(F)(F)F)C1N1CCNCC1. The van der Waals surface area contributed by atoms with E-state index in [4.69, 9.17) is 10.1 Å². The number of hydrogen-bond acceptors (Lipinski definition) is 10. The van der Waals surface area contributed by atoms with Gasteiger partial charge in [-0.3, -0.25) is 9.80 Å². The average Bonchev–Trinajstić information content (AvgIpc) is 2.98. The van der Waals surface area contributed by atoms with Gasteiger partial charge in [-0.05, 0) is 6.92 Å². The molecule has 2 N–H and O–H groups in total. The van der Waals surface area contributed by atoms with Gasteiger partial charge < -0.3 is 15.0 Å². The van der Waals surface area contributed by atoms with Gasteiger partial charge in [-0.2, -0.15) is 28.9 Å². The highest BCUT2D eigenvalue weighted by atomic mass is 19.4. The topological polar surface area (TPSA) is 105 Å². The summed E-state index contributed by atoms with van der Waals surface area (Å²) in [5, 5.41) is 12.9. The number of nitrogens with zero attached hydrogens (tertiary/aromatic N) is 5. The van der Waals surface area contributed by atoms with E-state index in [9.17, 15) is 18.0 Å². The molecule has 150 valence electrons. The molecule has 28 heavy (non-hydrogen) atoms. The molecule has 3 heterocycles. The smallest absolute Gasteiger partial charge is 0.357 e. The van der Waals surface area contributed by atoms with Gasteiger partial charge in [0, 0.05) is 26.2 Å². The summed E-state index contributed by atoms with van der Waals surface area (Å²) in [7, 11) is 0. The van der Waals surface area contributed by atoms with Gasteiger partial charge in [0.15, 0.2) is 6.29 Å². The minimum atomic E-state index is -5.21. The normalized spacial score (nSPS) is 22.2. The Labute approximate surface area is 158 Å². The highest BCUT2D eigenvalue weighted by Crippen LogP contribution is 2.35. The summed E-state index contributed by atoms with van der Waals surface area (Å²) in [5.74, 6) is 2.58. The van der Waals surface area contributed by atoms with Crippen LogP contribution in [0.2, 0.25) is 0 Å². The van der Waals surface area contributed by atoms with Crippen LogP contribution in [0.15, 0.2) is 16.7 Å². The molecule has 3 rings (SSSR count). The second-order valence-electron chi connectivity index (χ2n) is 5.79. The number of hydroxylamine groups is 3. The Bertz CT molecular complexity index is 802. The summed E-state index contributed by atoms with van der Waals surface area (Å²) >= 11 is 0. The minimum absolute atomic E-state index is 0.000238. The van der Waals surface area contributed by atoms with Crippen LogP contribution >= 0.6 is 0 Å². The van der Waals surface area contributed by atoms with Crippen molar-refractivity contribution in [1.29, 1.82) is 5.26 Å². The van der Waals surface area contributed by atoms with E-state index in [1.54, 1.807) is 17.9 Å². The molecule has 0 aromatic rings. The number of nitrogens with one attached hydrogen (secondary N) is 2. The Morgan fingerprint density at radius 2 is 2.14 bits per heavy atom. The number of carbonyl (C=O) groups is 1. The summed E-state index contributed by atoms with van der Waals surface area (Å²) in [4.78, 5) is 28.7. The Morgan fingerprint density at radius 3 is 2.75 bits per heavy atom. The summed E-state index contributed by atoms with van der Waals surface area (Å²) in [6.07, 6.45) is -6.18. The number of carbonyl (C=O) groups excluding carboxylic acids is 1. The van der Waals surface area contributed by atoms with E-state index in [1.807, 2.05) is 0 Å². The molecule has 13 heteroatoms. The van der Waals surface area contributed by atoms with Crippen LogP contribution in [0.25, 0.3) is 0 Å². The van der Waals surface area contributed by atoms with Gasteiger partial charge in [-0.25, -0.2) is 4.79 Å². The Balaban J connectivity index is 2.01. The molecule has 1 unspecified atom stereocenters. The van der Waals surface area contributed by atoms with E-state index in [-0.39, 0.29) is 24.1 Å². The summed E-state index contributed by atoms with van der Waals surface area (Å²) in [6, 6.07) is 1.69. The number of hydrogen-bond donors (Lipinski definition) is 2. The van der Waals surface area contributed by atoms with E-state index < -0.39 is 18.4 Å². The van der Waals surface area contributed by atoms with E-state index >= 15 is 0 Å². The highest BCUT2D eigenvalue weighted by molar-refractivity contribution is 5.96. The first-order valence-corrected chi connectivity index (χ1v) is 8.22. The Morgan fingerprint density at radius 1 is 1.43 bits per heavy atom. The van der Waals surface area contributed by atoms with Gasteiger partial charge in [0.1, 0.15) is 6.07 Å². The molecule has 0 spiro atoms. The lowest BCUT2D eigenvalue weighted by Crippen LogP contribution is -2.59.